The van der Waals surface area contributed by atoms with Gasteiger partial charge in [0.15, 0.2) is 0 Å². The van der Waals surface area contributed by atoms with E-state index in [0.29, 0.717) is 12.5 Å². The predicted octanol–water partition coefficient (Wildman–Crippen LogP) is 2.38. The van der Waals surface area contributed by atoms with Crippen LogP contribution < -0.4 is 0 Å². The van der Waals surface area contributed by atoms with Gasteiger partial charge in [-0.05, 0) is 49.9 Å². The van der Waals surface area contributed by atoms with E-state index < -0.39 is 0 Å². The Morgan fingerprint density at radius 1 is 1.14 bits per heavy atom. The van der Waals surface area contributed by atoms with E-state index in [-0.39, 0.29) is 11.9 Å². The molecule has 14 heavy (non-hydrogen) atoms. The quantitative estimate of drug-likeness (QED) is 0.599. The van der Waals surface area contributed by atoms with Crippen LogP contribution in [0.4, 0.5) is 0 Å². The number of carbonyl (C=O) groups is 1. The molecule has 2 heteroatoms. The number of hydrogen-bond acceptors (Lipinski definition) is 2. The third-order valence-electron chi connectivity index (χ3n) is 4.52. The van der Waals surface area contributed by atoms with Gasteiger partial charge in [-0.25, -0.2) is 0 Å². The Balaban J connectivity index is 1.72. The van der Waals surface area contributed by atoms with E-state index in [1.807, 2.05) is 0 Å². The molecule has 1 aliphatic heterocycles. The van der Waals surface area contributed by atoms with Gasteiger partial charge in [0, 0.05) is 0 Å². The van der Waals surface area contributed by atoms with Crippen molar-refractivity contribution < 1.29 is 9.53 Å². The van der Waals surface area contributed by atoms with E-state index in [4.69, 9.17) is 4.74 Å². The zero-order valence-electron chi connectivity index (χ0n) is 8.58. The van der Waals surface area contributed by atoms with Crippen molar-refractivity contribution in [1.82, 2.24) is 0 Å². The maximum absolute atomic E-state index is 11.6. The van der Waals surface area contributed by atoms with Crippen LogP contribution in [-0.2, 0) is 9.53 Å². The normalized spacial score (nSPS) is 46.7. The van der Waals surface area contributed by atoms with Crippen molar-refractivity contribution in [3.8, 4) is 0 Å². The molecule has 2 saturated carbocycles. The molecule has 3 rings (SSSR count). The maximum atomic E-state index is 11.6. The Morgan fingerprint density at radius 3 is 2.71 bits per heavy atom. The number of ether oxygens (including phenoxy) is 1. The van der Waals surface area contributed by atoms with Crippen LogP contribution in [-0.4, -0.2) is 12.6 Å². The molecule has 3 fully saturated rings. The van der Waals surface area contributed by atoms with Gasteiger partial charge in [-0.1, -0.05) is 6.42 Å². The molecule has 0 aromatic carbocycles. The summed E-state index contributed by atoms with van der Waals surface area (Å²) in [6.45, 7) is 0.663. The van der Waals surface area contributed by atoms with Crippen LogP contribution in [0, 0.1) is 23.7 Å². The highest BCUT2D eigenvalue weighted by Gasteiger charge is 2.46. The molecule has 0 amide bonds. The minimum absolute atomic E-state index is 0.105. The molecule has 2 bridgehead atoms. The standard InChI is InChI=1S/C12H18O2/c13-12-10(2-1-5-14-12)11-7-8-3-4-9(11)6-8/h8-11H,1-7H2. The number of esters is 1. The summed E-state index contributed by atoms with van der Waals surface area (Å²) in [5, 5.41) is 0. The zero-order chi connectivity index (χ0) is 9.54. The summed E-state index contributed by atoms with van der Waals surface area (Å²) in [4.78, 5) is 11.6. The Kier molecular flexibility index (Phi) is 2.03. The Bertz CT molecular complexity index is 249. The summed E-state index contributed by atoms with van der Waals surface area (Å²) >= 11 is 0. The molecule has 0 spiro atoms. The van der Waals surface area contributed by atoms with Crippen LogP contribution >= 0.6 is 0 Å². The molecule has 1 heterocycles. The minimum atomic E-state index is 0.105. The number of fused-ring (bicyclic) bond motifs is 2. The number of rotatable bonds is 1. The number of carbonyl (C=O) groups excluding carboxylic acids is 1. The second-order valence-corrected chi connectivity index (χ2v) is 5.25. The van der Waals surface area contributed by atoms with Gasteiger partial charge in [0.1, 0.15) is 0 Å². The first-order chi connectivity index (χ1) is 6.84. The lowest BCUT2D eigenvalue weighted by Crippen LogP contribution is -2.33. The molecule has 4 atom stereocenters. The van der Waals surface area contributed by atoms with Gasteiger partial charge >= 0.3 is 5.97 Å². The second kappa shape index (κ2) is 3.25. The molecular weight excluding hydrogens is 176 g/mol. The van der Waals surface area contributed by atoms with Crippen molar-refractivity contribution >= 4 is 5.97 Å². The van der Waals surface area contributed by atoms with Gasteiger partial charge < -0.3 is 4.74 Å². The molecule has 78 valence electrons. The first kappa shape index (κ1) is 8.75. The molecule has 2 aliphatic carbocycles. The molecule has 0 aromatic heterocycles. The minimum Gasteiger partial charge on any atom is -0.465 e. The van der Waals surface area contributed by atoms with Crippen molar-refractivity contribution in [3.63, 3.8) is 0 Å². The van der Waals surface area contributed by atoms with Gasteiger partial charge in [-0.2, -0.15) is 0 Å². The van der Waals surface area contributed by atoms with E-state index in [1.165, 1.54) is 25.7 Å². The molecule has 0 aromatic rings. The Labute approximate surface area is 85.0 Å². The summed E-state index contributed by atoms with van der Waals surface area (Å²) in [5.41, 5.74) is 0. The monoisotopic (exact) mass is 194 g/mol. The fraction of sp³-hybridized carbons (Fsp3) is 0.917. The summed E-state index contributed by atoms with van der Waals surface area (Å²) in [6, 6.07) is 0. The van der Waals surface area contributed by atoms with Crippen LogP contribution in [0.1, 0.15) is 38.5 Å². The smallest absolute Gasteiger partial charge is 0.309 e. The third-order valence-corrected chi connectivity index (χ3v) is 4.52. The fourth-order valence-electron chi connectivity index (χ4n) is 3.88. The molecule has 4 unspecified atom stereocenters. The lowest BCUT2D eigenvalue weighted by molar-refractivity contribution is -0.156. The second-order valence-electron chi connectivity index (χ2n) is 5.25. The highest BCUT2D eigenvalue weighted by Crippen LogP contribution is 2.52. The molecular formula is C12H18O2. The molecule has 3 aliphatic rings. The van der Waals surface area contributed by atoms with E-state index in [2.05, 4.69) is 0 Å². The van der Waals surface area contributed by atoms with E-state index in [9.17, 15) is 4.79 Å². The van der Waals surface area contributed by atoms with Crippen molar-refractivity contribution in [2.75, 3.05) is 6.61 Å². The molecule has 0 radical (unpaired) electrons. The predicted molar refractivity (Wildman–Crippen MR) is 52.6 cm³/mol. The third kappa shape index (κ3) is 1.27. The maximum Gasteiger partial charge on any atom is 0.309 e. The van der Waals surface area contributed by atoms with E-state index in [1.54, 1.807) is 0 Å². The van der Waals surface area contributed by atoms with Gasteiger partial charge in [0.2, 0.25) is 0 Å². The van der Waals surface area contributed by atoms with Crippen LogP contribution in [0.5, 0.6) is 0 Å². The van der Waals surface area contributed by atoms with Crippen molar-refractivity contribution in [2.45, 2.75) is 38.5 Å². The van der Waals surface area contributed by atoms with Crippen LogP contribution in [0.25, 0.3) is 0 Å². The van der Waals surface area contributed by atoms with Crippen molar-refractivity contribution in [1.29, 1.82) is 0 Å². The lowest BCUT2D eigenvalue weighted by atomic mass is 9.77. The topological polar surface area (TPSA) is 26.3 Å². The Morgan fingerprint density at radius 2 is 2.07 bits per heavy atom. The van der Waals surface area contributed by atoms with Crippen LogP contribution in [0.2, 0.25) is 0 Å². The molecule has 0 N–H and O–H groups in total. The van der Waals surface area contributed by atoms with Gasteiger partial charge in [-0.3, -0.25) is 4.79 Å². The van der Waals surface area contributed by atoms with E-state index in [0.717, 1.165) is 24.7 Å². The van der Waals surface area contributed by atoms with Gasteiger partial charge in [0.05, 0.1) is 12.5 Å². The largest absolute Gasteiger partial charge is 0.465 e. The fourth-order valence-corrected chi connectivity index (χ4v) is 3.88. The first-order valence-corrected chi connectivity index (χ1v) is 6.01. The summed E-state index contributed by atoms with van der Waals surface area (Å²) in [7, 11) is 0. The zero-order valence-corrected chi connectivity index (χ0v) is 8.58. The lowest BCUT2D eigenvalue weighted by Gasteiger charge is -2.31. The summed E-state index contributed by atoms with van der Waals surface area (Å²) < 4.78 is 5.17. The SMILES string of the molecule is O=C1OCCCC1C1CC2CCC1C2. The first-order valence-electron chi connectivity index (χ1n) is 6.01. The van der Waals surface area contributed by atoms with Crippen molar-refractivity contribution in [2.24, 2.45) is 23.7 Å². The number of hydrogen-bond donors (Lipinski definition) is 0. The van der Waals surface area contributed by atoms with Crippen LogP contribution in [0.15, 0.2) is 0 Å². The van der Waals surface area contributed by atoms with E-state index >= 15 is 0 Å². The number of cyclic esters (lactones) is 1. The Hall–Kier alpha value is -0.530. The highest BCUT2D eigenvalue weighted by molar-refractivity contribution is 5.73. The summed E-state index contributed by atoms with van der Waals surface area (Å²) in [5.74, 6) is 2.85. The average molecular weight is 194 g/mol. The van der Waals surface area contributed by atoms with Gasteiger partial charge in [-0.15, -0.1) is 0 Å². The molecule has 1 saturated heterocycles. The molecule has 2 nitrogen and oxygen atoms in total. The highest BCUT2D eigenvalue weighted by atomic mass is 16.5. The average Bonchev–Trinajstić information content (AvgIpc) is 2.79. The summed E-state index contributed by atoms with van der Waals surface area (Å²) in [6.07, 6.45) is 7.68. The van der Waals surface area contributed by atoms with Crippen molar-refractivity contribution in [3.05, 3.63) is 0 Å². The van der Waals surface area contributed by atoms with Gasteiger partial charge in [0.25, 0.3) is 0 Å². The van der Waals surface area contributed by atoms with Crippen LogP contribution in [0.3, 0.4) is 0 Å².